The van der Waals surface area contributed by atoms with Gasteiger partial charge in [-0.2, -0.15) is 4.99 Å². The highest BCUT2D eigenvalue weighted by Crippen LogP contribution is 2.41. The summed E-state index contributed by atoms with van der Waals surface area (Å²) >= 11 is 1.39. The Morgan fingerprint density at radius 3 is 2.63 bits per heavy atom. The Bertz CT molecular complexity index is 861. The van der Waals surface area contributed by atoms with Crippen LogP contribution in [0.3, 0.4) is 0 Å². The van der Waals surface area contributed by atoms with Gasteiger partial charge in [0.1, 0.15) is 6.10 Å². The first-order chi connectivity index (χ1) is 12.8. The van der Waals surface area contributed by atoms with E-state index in [0.717, 1.165) is 17.8 Å². The number of nitrogens with zero attached hydrogens (tertiary/aromatic N) is 3. The molecule has 27 heavy (non-hydrogen) atoms. The van der Waals surface area contributed by atoms with Gasteiger partial charge in [0.25, 0.3) is 5.91 Å². The van der Waals surface area contributed by atoms with Crippen LogP contribution in [0.2, 0.25) is 0 Å². The minimum Gasteiger partial charge on any atom is -0.378 e. The number of carbonyl (C=O) groups is 1. The Hall–Kier alpha value is -1.58. The maximum Gasteiger partial charge on any atom is 0.277 e. The van der Waals surface area contributed by atoms with Crippen molar-refractivity contribution in [2.45, 2.75) is 30.2 Å². The first-order valence-electron chi connectivity index (χ1n) is 9.02. The molecule has 0 N–H and O–H groups in total. The second-order valence-electron chi connectivity index (χ2n) is 7.32. The van der Waals surface area contributed by atoms with E-state index in [1.807, 2.05) is 48.2 Å². The smallest absolute Gasteiger partial charge is 0.277 e. The van der Waals surface area contributed by atoms with Crippen LogP contribution >= 0.6 is 11.8 Å². The highest BCUT2D eigenvalue weighted by Gasteiger charge is 2.49. The molecule has 0 aromatic heterocycles. The summed E-state index contributed by atoms with van der Waals surface area (Å²) in [5.74, 6) is -0.0534. The van der Waals surface area contributed by atoms with Crippen LogP contribution in [0.5, 0.6) is 0 Å². The fourth-order valence-electron chi connectivity index (χ4n) is 3.72. The van der Waals surface area contributed by atoms with Crippen molar-refractivity contribution < 1.29 is 17.9 Å². The van der Waals surface area contributed by atoms with E-state index in [1.54, 1.807) is 0 Å². The van der Waals surface area contributed by atoms with Crippen LogP contribution in [0.4, 0.5) is 11.4 Å². The quantitative estimate of drug-likeness (QED) is 0.749. The molecule has 7 nitrogen and oxygen atoms in total. The summed E-state index contributed by atoms with van der Waals surface area (Å²) in [6.45, 7) is 0.591. The molecule has 9 heteroatoms. The van der Waals surface area contributed by atoms with Crippen molar-refractivity contribution in [1.29, 1.82) is 0 Å². The Labute approximate surface area is 163 Å². The van der Waals surface area contributed by atoms with Crippen molar-refractivity contribution in [2.24, 2.45) is 4.99 Å². The molecule has 3 fully saturated rings. The Balaban J connectivity index is 1.66. The van der Waals surface area contributed by atoms with E-state index in [0.29, 0.717) is 18.2 Å². The van der Waals surface area contributed by atoms with Gasteiger partial charge in [0.05, 0.1) is 17.5 Å². The van der Waals surface area contributed by atoms with E-state index in [-0.39, 0.29) is 28.7 Å². The lowest BCUT2D eigenvalue weighted by atomic mass is 10.2. The summed E-state index contributed by atoms with van der Waals surface area (Å²) in [5, 5.41) is 0.484. The van der Waals surface area contributed by atoms with Gasteiger partial charge in [-0.1, -0.05) is 11.8 Å². The average molecular weight is 410 g/mol. The molecule has 3 heterocycles. The number of thioether (sulfide) groups is 1. The van der Waals surface area contributed by atoms with E-state index in [2.05, 4.69) is 4.99 Å². The number of amides is 1. The topological polar surface area (TPSA) is 79.3 Å². The maximum absolute atomic E-state index is 12.5. The number of carbonyl (C=O) groups excluding carboxylic acids is 1. The molecule has 0 radical (unpaired) electrons. The van der Waals surface area contributed by atoms with Gasteiger partial charge in [-0.15, -0.1) is 0 Å². The molecular formula is C18H23N3O4S2. The van der Waals surface area contributed by atoms with Crippen LogP contribution in [0.1, 0.15) is 12.8 Å². The minimum atomic E-state index is -3.07. The lowest BCUT2D eigenvalue weighted by molar-refractivity contribution is -0.126. The van der Waals surface area contributed by atoms with E-state index in [1.165, 1.54) is 11.8 Å². The van der Waals surface area contributed by atoms with Crippen molar-refractivity contribution in [3.8, 4) is 0 Å². The van der Waals surface area contributed by atoms with Gasteiger partial charge >= 0.3 is 0 Å². The predicted molar refractivity (Wildman–Crippen MR) is 108 cm³/mol. The second kappa shape index (κ2) is 7.10. The fourth-order valence-corrected chi connectivity index (χ4v) is 7.64. The van der Waals surface area contributed by atoms with E-state index in [4.69, 9.17) is 4.74 Å². The number of anilines is 2. The number of amidine groups is 1. The largest absolute Gasteiger partial charge is 0.378 e. The molecule has 0 unspecified atom stereocenters. The zero-order valence-electron chi connectivity index (χ0n) is 15.4. The van der Waals surface area contributed by atoms with Crippen LogP contribution in [-0.4, -0.2) is 69.1 Å². The van der Waals surface area contributed by atoms with Gasteiger partial charge in [0.2, 0.25) is 0 Å². The molecule has 146 valence electrons. The van der Waals surface area contributed by atoms with Gasteiger partial charge in [0, 0.05) is 37.3 Å². The number of benzene rings is 1. The van der Waals surface area contributed by atoms with Crippen LogP contribution in [0, 0.1) is 0 Å². The van der Waals surface area contributed by atoms with Gasteiger partial charge in [-0.25, -0.2) is 8.42 Å². The summed E-state index contributed by atoms with van der Waals surface area (Å²) < 4.78 is 29.7. The van der Waals surface area contributed by atoms with E-state index < -0.39 is 15.9 Å². The van der Waals surface area contributed by atoms with Crippen molar-refractivity contribution >= 4 is 44.0 Å². The van der Waals surface area contributed by atoms with Crippen molar-refractivity contribution in [2.75, 3.05) is 42.0 Å². The molecule has 1 aromatic carbocycles. The third-order valence-corrected chi connectivity index (χ3v) is 8.33. The number of sulfone groups is 1. The molecule has 3 aliphatic rings. The van der Waals surface area contributed by atoms with Gasteiger partial charge < -0.3 is 14.5 Å². The number of hydrogen-bond acceptors (Lipinski definition) is 6. The molecule has 0 saturated carbocycles. The normalized spacial score (nSPS) is 30.7. The molecule has 3 saturated heterocycles. The van der Waals surface area contributed by atoms with Crippen molar-refractivity contribution in [3.63, 3.8) is 0 Å². The molecule has 4 rings (SSSR count). The summed E-state index contributed by atoms with van der Waals surface area (Å²) in [5.41, 5.74) is 1.91. The third-order valence-electron chi connectivity index (χ3n) is 5.12. The maximum atomic E-state index is 12.5. The second-order valence-corrected chi connectivity index (χ2v) is 10.7. The lowest BCUT2D eigenvalue weighted by Crippen LogP contribution is -2.38. The van der Waals surface area contributed by atoms with Crippen molar-refractivity contribution in [1.82, 2.24) is 0 Å². The monoisotopic (exact) mass is 409 g/mol. The molecular weight excluding hydrogens is 386 g/mol. The molecule has 3 aliphatic heterocycles. The summed E-state index contributed by atoms with van der Waals surface area (Å²) in [7, 11) is 0.861. The SMILES string of the molecule is CN(C)c1ccc(N2C(=NC(=O)[C@H]3CCCO3)S[C@@H]3CS(=O)(=O)C[C@@H]32)cc1. The Kier molecular flexibility index (Phi) is 4.94. The molecule has 0 aliphatic carbocycles. The number of hydrogen-bond donors (Lipinski definition) is 0. The van der Waals surface area contributed by atoms with E-state index >= 15 is 0 Å². The minimum absolute atomic E-state index is 0.0905. The summed E-state index contributed by atoms with van der Waals surface area (Å²) in [4.78, 5) is 20.8. The lowest BCUT2D eigenvalue weighted by Gasteiger charge is -2.25. The molecule has 1 amide bonds. The standard InChI is InChI=1S/C18H23N3O4S2/c1-20(2)12-5-7-13(8-6-12)21-14-10-27(23,24)11-16(14)26-18(21)19-17(22)15-4-3-9-25-15/h5-8,14-16H,3-4,9-11H2,1-2H3/t14-,15+,16+/m0/s1. The molecule has 3 atom stereocenters. The number of aliphatic imine (C=N–C) groups is 1. The van der Waals surface area contributed by atoms with Crippen LogP contribution in [0.25, 0.3) is 0 Å². The molecule has 0 bridgehead atoms. The van der Waals surface area contributed by atoms with Crippen LogP contribution in [-0.2, 0) is 19.4 Å². The Morgan fingerprint density at radius 1 is 1.26 bits per heavy atom. The Morgan fingerprint density at radius 2 is 2.00 bits per heavy atom. The average Bonchev–Trinajstić information content (AvgIpc) is 3.29. The zero-order chi connectivity index (χ0) is 19.2. The number of rotatable bonds is 3. The van der Waals surface area contributed by atoms with Crippen LogP contribution < -0.4 is 9.80 Å². The molecule has 0 spiro atoms. The van der Waals surface area contributed by atoms with E-state index in [9.17, 15) is 13.2 Å². The van der Waals surface area contributed by atoms with Crippen LogP contribution in [0.15, 0.2) is 29.3 Å². The van der Waals surface area contributed by atoms with Crippen molar-refractivity contribution in [3.05, 3.63) is 24.3 Å². The highest BCUT2D eigenvalue weighted by molar-refractivity contribution is 8.16. The van der Waals surface area contributed by atoms with Gasteiger partial charge in [-0.05, 0) is 37.1 Å². The number of fused-ring (bicyclic) bond motifs is 1. The van der Waals surface area contributed by atoms with Gasteiger partial charge in [0.15, 0.2) is 15.0 Å². The highest BCUT2D eigenvalue weighted by atomic mass is 32.2. The predicted octanol–water partition coefficient (Wildman–Crippen LogP) is 1.53. The first-order valence-corrected chi connectivity index (χ1v) is 11.7. The fraction of sp³-hybridized carbons (Fsp3) is 0.556. The first kappa shape index (κ1) is 18.8. The summed E-state index contributed by atoms with van der Waals surface area (Å²) in [6, 6.07) is 7.68. The zero-order valence-corrected chi connectivity index (χ0v) is 17.0. The third kappa shape index (κ3) is 3.72. The summed E-state index contributed by atoms with van der Waals surface area (Å²) in [6.07, 6.45) is 1.09. The molecule has 1 aromatic rings. The number of ether oxygens (including phenoxy) is 1. The van der Waals surface area contributed by atoms with Gasteiger partial charge in [-0.3, -0.25) is 4.79 Å².